The Hall–Kier alpha value is -1.77. The third-order valence-corrected chi connectivity index (χ3v) is 3.52. The molecule has 0 amide bonds. The molecule has 3 rings (SSSR count). The van der Waals surface area contributed by atoms with Gasteiger partial charge in [0, 0.05) is 23.6 Å². The molecule has 3 nitrogen and oxygen atoms in total. The number of hydrogen-bond donors (Lipinski definition) is 1. The highest BCUT2D eigenvalue weighted by Gasteiger charge is 2.20. The van der Waals surface area contributed by atoms with E-state index in [1.165, 1.54) is 17.7 Å². The van der Waals surface area contributed by atoms with Gasteiger partial charge < -0.3 is 9.67 Å². The Bertz CT molecular complexity index is 595. The Morgan fingerprint density at radius 1 is 1.38 bits per heavy atom. The first-order chi connectivity index (χ1) is 7.68. The van der Waals surface area contributed by atoms with E-state index in [1.807, 2.05) is 12.1 Å². The Morgan fingerprint density at radius 2 is 2.19 bits per heavy atom. The lowest BCUT2D eigenvalue weighted by atomic mass is 10.1. The van der Waals surface area contributed by atoms with Gasteiger partial charge in [-0.1, -0.05) is 0 Å². The molecule has 3 heteroatoms. The summed E-state index contributed by atoms with van der Waals surface area (Å²) in [5.41, 5.74) is 4.25. The summed E-state index contributed by atoms with van der Waals surface area (Å²) in [6, 6.07) is 5.40. The highest BCUT2D eigenvalue weighted by molar-refractivity contribution is 5.95. The minimum Gasteiger partial charge on any atom is -0.478 e. The van der Waals surface area contributed by atoms with E-state index in [0.29, 0.717) is 5.56 Å². The van der Waals surface area contributed by atoms with Crippen molar-refractivity contribution in [1.29, 1.82) is 0 Å². The van der Waals surface area contributed by atoms with Crippen LogP contribution in [0.5, 0.6) is 0 Å². The number of hydrogen-bond acceptors (Lipinski definition) is 1. The van der Waals surface area contributed by atoms with Crippen LogP contribution in [0.3, 0.4) is 0 Å². The van der Waals surface area contributed by atoms with E-state index in [9.17, 15) is 4.79 Å². The van der Waals surface area contributed by atoms with E-state index in [1.54, 1.807) is 6.07 Å². The van der Waals surface area contributed by atoms with Gasteiger partial charge in [-0.15, -0.1) is 0 Å². The molecule has 1 aromatic heterocycles. The zero-order valence-corrected chi connectivity index (χ0v) is 9.16. The third kappa shape index (κ3) is 1.11. The normalized spacial score (nSPS) is 14.3. The Kier molecular flexibility index (Phi) is 1.84. The van der Waals surface area contributed by atoms with Gasteiger partial charge in [0.05, 0.1) is 5.56 Å². The van der Waals surface area contributed by atoms with E-state index in [4.69, 9.17) is 5.11 Å². The molecule has 1 aromatic carbocycles. The Morgan fingerprint density at radius 3 is 2.94 bits per heavy atom. The van der Waals surface area contributed by atoms with Gasteiger partial charge in [0.2, 0.25) is 0 Å². The lowest BCUT2D eigenvalue weighted by molar-refractivity contribution is 0.0697. The van der Waals surface area contributed by atoms with Crippen LogP contribution in [0, 0.1) is 0 Å². The van der Waals surface area contributed by atoms with Crippen molar-refractivity contribution in [2.45, 2.75) is 19.3 Å². The number of fused-ring (bicyclic) bond motifs is 3. The van der Waals surface area contributed by atoms with Gasteiger partial charge in [0.1, 0.15) is 0 Å². The Labute approximate surface area is 93.3 Å². The van der Waals surface area contributed by atoms with Crippen LogP contribution in [0.4, 0.5) is 0 Å². The van der Waals surface area contributed by atoms with Crippen LogP contribution in [0.25, 0.3) is 10.9 Å². The summed E-state index contributed by atoms with van der Waals surface area (Å²) in [6.45, 7) is 0. The summed E-state index contributed by atoms with van der Waals surface area (Å²) in [7, 11) is 2.06. The third-order valence-electron chi connectivity index (χ3n) is 3.52. The molecular weight excluding hydrogens is 202 g/mol. The van der Waals surface area contributed by atoms with Crippen molar-refractivity contribution in [3.05, 3.63) is 35.0 Å². The minimum absolute atomic E-state index is 0.382. The molecule has 1 heterocycles. The maximum absolute atomic E-state index is 10.9. The van der Waals surface area contributed by atoms with E-state index in [2.05, 4.69) is 11.6 Å². The van der Waals surface area contributed by atoms with Gasteiger partial charge in [-0.3, -0.25) is 0 Å². The maximum Gasteiger partial charge on any atom is 0.335 e. The summed E-state index contributed by atoms with van der Waals surface area (Å²) >= 11 is 0. The van der Waals surface area contributed by atoms with Gasteiger partial charge in [-0.25, -0.2) is 4.79 Å². The van der Waals surface area contributed by atoms with Crippen molar-refractivity contribution in [2.75, 3.05) is 0 Å². The van der Waals surface area contributed by atoms with Crippen LogP contribution < -0.4 is 0 Å². The molecule has 0 radical (unpaired) electrons. The topological polar surface area (TPSA) is 42.2 Å². The fraction of sp³-hybridized carbons (Fsp3) is 0.308. The number of aromatic nitrogens is 1. The summed E-state index contributed by atoms with van der Waals surface area (Å²) in [5, 5.41) is 10.1. The quantitative estimate of drug-likeness (QED) is 0.793. The first-order valence-electron chi connectivity index (χ1n) is 5.52. The van der Waals surface area contributed by atoms with Crippen LogP contribution in [-0.4, -0.2) is 15.6 Å². The fourth-order valence-electron chi connectivity index (χ4n) is 2.74. The molecular formula is C13H13NO2. The molecule has 0 bridgehead atoms. The van der Waals surface area contributed by atoms with E-state index in [0.717, 1.165) is 23.7 Å². The van der Waals surface area contributed by atoms with Gasteiger partial charge in [-0.05, 0) is 43.0 Å². The lowest BCUT2D eigenvalue weighted by Crippen LogP contribution is -1.96. The fourth-order valence-corrected chi connectivity index (χ4v) is 2.74. The zero-order valence-electron chi connectivity index (χ0n) is 9.16. The molecule has 16 heavy (non-hydrogen) atoms. The second-order valence-corrected chi connectivity index (χ2v) is 4.37. The predicted molar refractivity (Wildman–Crippen MR) is 61.9 cm³/mol. The van der Waals surface area contributed by atoms with Crippen LogP contribution in [0.2, 0.25) is 0 Å². The molecule has 0 aliphatic heterocycles. The van der Waals surface area contributed by atoms with Crippen molar-refractivity contribution in [3.63, 3.8) is 0 Å². The monoisotopic (exact) mass is 215 g/mol. The van der Waals surface area contributed by atoms with Crippen molar-refractivity contribution < 1.29 is 9.90 Å². The predicted octanol–water partition coefficient (Wildman–Crippen LogP) is 2.37. The SMILES string of the molecule is Cn1c2c(c3cc(C(=O)O)ccc31)CCC2. The highest BCUT2D eigenvalue weighted by Crippen LogP contribution is 2.32. The van der Waals surface area contributed by atoms with Crippen molar-refractivity contribution in [2.24, 2.45) is 7.05 Å². The van der Waals surface area contributed by atoms with Crippen molar-refractivity contribution >= 4 is 16.9 Å². The number of carboxylic acid groups (broad SMARTS) is 1. The van der Waals surface area contributed by atoms with Crippen molar-refractivity contribution in [1.82, 2.24) is 4.57 Å². The van der Waals surface area contributed by atoms with Crippen LogP contribution in [0.15, 0.2) is 18.2 Å². The van der Waals surface area contributed by atoms with E-state index < -0.39 is 5.97 Å². The lowest BCUT2D eigenvalue weighted by Gasteiger charge is -2.01. The first-order valence-corrected chi connectivity index (χ1v) is 5.52. The smallest absolute Gasteiger partial charge is 0.335 e. The molecule has 82 valence electrons. The van der Waals surface area contributed by atoms with Crippen molar-refractivity contribution in [3.8, 4) is 0 Å². The number of benzene rings is 1. The summed E-state index contributed by atoms with van der Waals surface area (Å²) in [4.78, 5) is 10.9. The van der Waals surface area contributed by atoms with Crippen LogP contribution >= 0.6 is 0 Å². The zero-order chi connectivity index (χ0) is 11.3. The molecule has 2 aromatic rings. The molecule has 0 spiro atoms. The van der Waals surface area contributed by atoms with Gasteiger partial charge in [-0.2, -0.15) is 0 Å². The van der Waals surface area contributed by atoms with Gasteiger partial charge >= 0.3 is 5.97 Å². The summed E-state index contributed by atoms with van der Waals surface area (Å²) < 4.78 is 2.20. The van der Waals surface area contributed by atoms with E-state index in [-0.39, 0.29) is 0 Å². The maximum atomic E-state index is 10.9. The average molecular weight is 215 g/mol. The number of carboxylic acids is 1. The number of rotatable bonds is 1. The standard InChI is InChI=1S/C13H13NO2/c1-14-11-4-2-3-9(11)10-7-8(13(15)16)5-6-12(10)14/h5-7H,2-4H2,1H3,(H,15,16). The molecule has 0 unspecified atom stereocenters. The summed E-state index contributed by atoms with van der Waals surface area (Å²) in [6.07, 6.45) is 3.38. The molecule has 1 N–H and O–H groups in total. The number of aromatic carboxylic acids is 1. The number of nitrogens with zero attached hydrogens (tertiary/aromatic N) is 1. The second-order valence-electron chi connectivity index (χ2n) is 4.37. The molecule has 1 aliphatic rings. The average Bonchev–Trinajstić information content (AvgIpc) is 2.83. The minimum atomic E-state index is -0.850. The number of carbonyl (C=O) groups is 1. The largest absolute Gasteiger partial charge is 0.478 e. The first kappa shape index (κ1) is 9.46. The molecule has 1 aliphatic carbocycles. The Balaban J connectivity index is 2.35. The molecule has 0 fully saturated rings. The molecule has 0 atom stereocenters. The summed E-state index contributed by atoms with van der Waals surface area (Å²) in [5.74, 6) is -0.850. The van der Waals surface area contributed by atoms with Crippen LogP contribution in [0.1, 0.15) is 28.0 Å². The van der Waals surface area contributed by atoms with Gasteiger partial charge in [0.15, 0.2) is 0 Å². The molecule has 0 saturated heterocycles. The highest BCUT2D eigenvalue weighted by atomic mass is 16.4. The van der Waals surface area contributed by atoms with Crippen LogP contribution in [-0.2, 0) is 19.9 Å². The molecule has 0 saturated carbocycles. The second kappa shape index (κ2) is 3.11. The number of aryl methyl sites for hydroxylation is 2. The van der Waals surface area contributed by atoms with E-state index >= 15 is 0 Å². The van der Waals surface area contributed by atoms with Gasteiger partial charge in [0.25, 0.3) is 0 Å².